The standard InChI is InChI=1S/C12H13N5O2/c1-7-8(2)16-17-12(15-7)14-6-10-5-9(11(18)19)3-4-13-10/h3-5H,6H2,1-2H3,(H,18,19)(H,14,15,17). The number of rotatable bonds is 4. The van der Waals surface area contributed by atoms with Gasteiger partial charge in [-0.05, 0) is 26.0 Å². The molecule has 19 heavy (non-hydrogen) atoms. The molecule has 0 atom stereocenters. The van der Waals surface area contributed by atoms with Gasteiger partial charge in [-0.25, -0.2) is 9.78 Å². The highest BCUT2D eigenvalue weighted by atomic mass is 16.4. The zero-order chi connectivity index (χ0) is 13.8. The van der Waals surface area contributed by atoms with Crippen LogP contribution in [0.1, 0.15) is 27.4 Å². The first-order valence-electron chi connectivity index (χ1n) is 5.66. The van der Waals surface area contributed by atoms with Crippen LogP contribution in [0.4, 0.5) is 5.95 Å². The molecule has 0 saturated carbocycles. The van der Waals surface area contributed by atoms with Crippen LogP contribution in [0.25, 0.3) is 0 Å². The number of hydrogen-bond acceptors (Lipinski definition) is 6. The molecular formula is C12H13N5O2. The second-order valence-electron chi connectivity index (χ2n) is 4.00. The lowest BCUT2D eigenvalue weighted by molar-refractivity contribution is 0.0696. The van der Waals surface area contributed by atoms with Gasteiger partial charge in [0.1, 0.15) is 0 Å². The molecule has 0 saturated heterocycles. The summed E-state index contributed by atoms with van der Waals surface area (Å²) in [7, 11) is 0. The minimum atomic E-state index is -0.979. The van der Waals surface area contributed by atoms with Crippen molar-refractivity contribution in [2.75, 3.05) is 5.32 Å². The number of carbonyl (C=O) groups is 1. The first-order valence-corrected chi connectivity index (χ1v) is 5.66. The largest absolute Gasteiger partial charge is 0.478 e. The number of aromatic carboxylic acids is 1. The number of nitrogens with one attached hydrogen (secondary N) is 1. The molecule has 2 heterocycles. The Bertz CT molecular complexity index is 615. The van der Waals surface area contributed by atoms with Crippen LogP contribution in [0.5, 0.6) is 0 Å². The van der Waals surface area contributed by atoms with Crippen LogP contribution in [0, 0.1) is 13.8 Å². The summed E-state index contributed by atoms with van der Waals surface area (Å²) in [5.74, 6) is -0.585. The number of carboxylic acids is 1. The van der Waals surface area contributed by atoms with Crippen molar-refractivity contribution in [1.82, 2.24) is 20.2 Å². The molecule has 0 bridgehead atoms. The minimum Gasteiger partial charge on any atom is -0.478 e. The molecule has 0 spiro atoms. The lowest BCUT2D eigenvalue weighted by Crippen LogP contribution is -2.09. The maximum Gasteiger partial charge on any atom is 0.335 e. The third-order valence-electron chi connectivity index (χ3n) is 2.58. The van der Waals surface area contributed by atoms with E-state index in [9.17, 15) is 4.79 Å². The quantitative estimate of drug-likeness (QED) is 0.850. The summed E-state index contributed by atoms with van der Waals surface area (Å²) in [6, 6.07) is 2.95. The van der Waals surface area contributed by atoms with Gasteiger partial charge in [-0.15, -0.1) is 5.10 Å². The number of aromatic nitrogens is 4. The molecule has 2 aromatic heterocycles. The Morgan fingerprint density at radius 2 is 2.11 bits per heavy atom. The normalized spacial score (nSPS) is 10.2. The van der Waals surface area contributed by atoms with E-state index in [4.69, 9.17) is 5.11 Å². The highest BCUT2D eigenvalue weighted by molar-refractivity contribution is 5.87. The van der Waals surface area contributed by atoms with E-state index in [-0.39, 0.29) is 5.56 Å². The average Bonchev–Trinajstić information content (AvgIpc) is 2.40. The lowest BCUT2D eigenvalue weighted by atomic mass is 10.2. The third kappa shape index (κ3) is 3.21. The molecule has 0 radical (unpaired) electrons. The van der Waals surface area contributed by atoms with E-state index >= 15 is 0 Å². The van der Waals surface area contributed by atoms with Crippen molar-refractivity contribution in [3.8, 4) is 0 Å². The smallest absolute Gasteiger partial charge is 0.335 e. The van der Waals surface area contributed by atoms with Crippen molar-refractivity contribution in [2.45, 2.75) is 20.4 Å². The van der Waals surface area contributed by atoms with Crippen LogP contribution in [-0.4, -0.2) is 31.2 Å². The summed E-state index contributed by atoms with van der Waals surface area (Å²) in [6.07, 6.45) is 1.46. The van der Waals surface area contributed by atoms with Crippen LogP contribution in [0.3, 0.4) is 0 Å². The van der Waals surface area contributed by atoms with Crippen molar-refractivity contribution in [1.29, 1.82) is 0 Å². The van der Waals surface area contributed by atoms with Gasteiger partial charge in [0.15, 0.2) is 0 Å². The Morgan fingerprint density at radius 3 is 2.79 bits per heavy atom. The summed E-state index contributed by atoms with van der Waals surface area (Å²) < 4.78 is 0. The second-order valence-corrected chi connectivity index (χ2v) is 4.00. The number of carboxylic acid groups (broad SMARTS) is 1. The number of aryl methyl sites for hydroxylation is 2. The number of pyridine rings is 1. The summed E-state index contributed by atoms with van der Waals surface area (Å²) in [5.41, 5.74) is 2.37. The highest BCUT2D eigenvalue weighted by Crippen LogP contribution is 2.06. The maximum atomic E-state index is 10.8. The molecule has 7 heteroatoms. The summed E-state index contributed by atoms with van der Waals surface area (Å²) in [5, 5.41) is 19.7. The molecule has 0 fully saturated rings. The Labute approximate surface area is 109 Å². The monoisotopic (exact) mass is 259 g/mol. The van der Waals surface area contributed by atoms with Gasteiger partial charge in [0.25, 0.3) is 0 Å². The van der Waals surface area contributed by atoms with Gasteiger partial charge in [-0.1, -0.05) is 0 Å². The van der Waals surface area contributed by atoms with Gasteiger partial charge >= 0.3 is 5.97 Å². The number of anilines is 1. The lowest BCUT2D eigenvalue weighted by Gasteiger charge is -2.05. The van der Waals surface area contributed by atoms with Crippen molar-refractivity contribution in [3.05, 3.63) is 41.0 Å². The van der Waals surface area contributed by atoms with Gasteiger partial charge in [0.05, 0.1) is 29.2 Å². The third-order valence-corrected chi connectivity index (χ3v) is 2.58. The van der Waals surface area contributed by atoms with Crippen LogP contribution in [0.2, 0.25) is 0 Å². The molecule has 2 N–H and O–H groups in total. The molecule has 7 nitrogen and oxygen atoms in total. The van der Waals surface area contributed by atoms with Gasteiger partial charge < -0.3 is 10.4 Å². The summed E-state index contributed by atoms with van der Waals surface area (Å²) in [6.45, 7) is 4.01. The Kier molecular flexibility index (Phi) is 3.65. The summed E-state index contributed by atoms with van der Waals surface area (Å²) >= 11 is 0. The molecular weight excluding hydrogens is 246 g/mol. The molecule has 2 rings (SSSR count). The molecule has 0 aliphatic carbocycles. The van der Waals surface area contributed by atoms with Gasteiger partial charge in [0, 0.05) is 6.20 Å². The first-order chi connectivity index (χ1) is 9.06. The number of hydrogen-bond donors (Lipinski definition) is 2. The fourth-order valence-electron chi connectivity index (χ4n) is 1.41. The van der Waals surface area contributed by atoms with Gasteiger partial charge in [0.2, 0.25) is 5.95 Å². The predicted octanol–water partition coefficient (Wildman–Crippen LogP) is 1.19. The zero-order valence-electron chi connectivity index (χ0n) is 10.6. The van der Waals surface area contributed by atoms with Gasteiger partial charge in [-0.3, -0.25) is 4.98 Å². The maximum absolute atomic E-state index is 10.8. The van der Waals surface area contributed by atoms with E-state index in [1.54, 1.807) is 0 Å². The predicted molar refractivity (Wildman–Crippen MR) is 67.8 cm³/mol. The van der Waals surface area contributed by atoms with Crippen molar-refractivity contribution < 1.29 is 9.90 Å². The average molecular weight is 259 g/mol. The minimum absolute atomic E-state index is 0.200. The Balaban J connectivity index is 2.07. The van der Waals surface area contributed by atoms with E-state index in [1.807, 2.05) is 13.8 Å². The van der Waals surface area contributed by atoms with E-state index in [1.165, 1.54) is 18.3 Å². The van der Waals surface area contributed by atoms with Crippen LogP contribution < -0.4 is 5.32 Å². The van der Waals surface area contributed by atoms with Crippen LogP contribution in [-0.2, 0) is 6.54 Å². The molecule has 0 aliphatic heterocycles. The molecule has 0 unspecified atom stereocenters. The summed E-state index contributed by atoms with van der Waals surface area (Å²) in [4.78, 5) is 19.1. The SMILES string of the molecule is Cc1nnc(NCc2cc(C(=O)O)ccn2)nc1C. The Morgan fingerprint density at radius 1 is 1.32 bits per heavy atom. The fourth-order valence-corrected chi connectivity index (χ4v) is 1.41. The van der Waals surface area contributed by atoms with E-state index in [2.05, 4.69) is 25.5 Å². The number of nitrogens with zero attached hydrogens (tertiary/aromatic N) is 4. The zero-order valence-corrected chi connectivity index (χ0v) is 10.6. The fraction of sp³-hybridized carbons (Fsp3) is 0.250. The van der Waals surface area contributed by atoms with Crippen molar-refractivity contribution in [2.24, 2.45) is 0 Å². The highest BCUT2D eigenvalue weighted by Gasteiger charge is 2.05. The van der Waals surface area contributed by atoms with Crippen LogP contribution in [0.15, 0.2) is 18.3 Å². The Hall–Kier alpha value is -2.57. The van der Waals surface area contributed by atoms with E-state index in [0.29, 0.717) is 18.2 Å². The van der Waals surface area contributed by atoms with Crippen molar-refractivity contribution in [3.63, 3.8) is 0 Å². The van der Waals surface area contributed by atoms with Crippen LogP contribution >= 0.6 is 0 Å². The van der Waals surface area contributed by atoms with Crippen molar-refractivity contribution >= 4 is 11.9 Å². The molecule has 0 aliphatic rings. The molecule has 0 amide bonds. The first kappa shape index (κ1) is 12.9. The molecule has 98 valence electrons. The van der Waals surface area contributed by atoms with Gasteiger partial charge in [-0.2, -0.15) is 5.10 Å². The van der Waals surface area contributed by atoms with E-state index in [0.717, 1.165) is 11.4 Å². The molecule has 2 aromatic rings. The van der Waals surface area contributed by atoms with E-state index < -0.39 is 5.97 Å². The topological polar surface area (TPSA) is 101 Å². The molecule has 0 aromatic carbocycles. The second kappa shape index (κ2) is 5.38.